The number of hydrogen-bond acceptors (Lipinski definition) is 4. The van der Waals surface area contributed by atoms with E-state index in [1.54, 1.807) is 18.2 Å². The zero-order valence-electron chi connectivity index (χ0n) is 14.8. The highest BCUT2D eigenvalue weighted by atomic mass is 79.9. The summed E-state index contributed by atoms with van der Waals surface area (Å²) in [6, 6.07) is 13.1. The summed E-state index contributed by atoms with van der Waals surface area (Å²) < 4.78 is 12.6. The number of furan rings is 1. The summed E-state index contributed by atoms with van der Waals surface area (Å²) in [5.74, 6) is 0.858. The maximum atomic E-state index is 11.9. The summed E-state index contributed by atoms with van der Waals surface area (Å²) in [5.41, 5.74) is 4.57. The van der Waals surface area contributed by atoms with Crippen molar-refractivity contribution in [1.82, 2.24) is 10.9 Å². The molecule has 144 valence electrons. The van der Waals surface area contributed by atoms with E-state index in [-0.39, 0.29) is 6.61 Å². The molecule has 0 aliphatic heterocycles. The number of hydrazine groups is 1. The molecule has 3 aromatic rings. The van der Waals surface area contributed by atoms with Gasteiger partial charge in [-0.25, -0.2) is 0 Å². The van der Waals surface area contributed by atoms with Crippen LogP contribution in [0.2, 0.25) is 0 Å². The number of fused-ring (bicyclic) bond motifs is 1. The van der Waals surface area contributed by atoms with Gasteiger partial charge in [0.15, 0.2) is 6.61 Å². The zero-order chi connectivity index (χ0) is 20.1. The van der Waals surface area contributed by atoms with Crippen molar-refractivity contribution in [1.29, 1.82) is 0 Å². The van der Waals surface area contributed by atoms with Gasteiger partial charge in [0, 0.05) is 10.5 Å². The lowest BCUT2D eigenvalue weighted by molar-refractivity contribution is -0.128. The molecule has 0 atom stereocenters. The van der Waals surface area contributed by atoms with Gasteiger partial charge in [-0.3, -0.25) is 20.4 Å². The summed E-state index contributed by atoms with van der Waals surface area (Å²) >= 11 is 6.94. The highest BCUT2D eigenvalue weighted by Gasteiger charge is 2.09. The fraction of sp³-hybridized carbons (Fsp3) is 0.100. The van der Waals surface area contributed by atoms with Gasteiger partial charge < -0.3 is 9.15 Å². The summed E-state index contributed by atoms with van der Waals surface area (Å²) in [6.07, 6.45) is 2.77. The van der Waals surface area contributed by atoms with E-state index in [1.807, 2.05) is 31.2 Å². The quantitative estimate of drug-likeness (QED) is 0.393. The molecule has 0 saturated carbocycles. The average Bonchev–Trinajstić information content (AvgIpc) is 3.09. The minimum atomic E-state index is -0.488. The molecule has 3 rings (SSSR count). The Labute approximate surface area is 178 Å². The second kappa shape index (κ2) is 9.07. The normalized spacial score (nSPS) is 11.0. The molecule has 1 heterocycles. The van der Waals surface area contributed by atoms with Gasteiger partial charge >= 0.3 is 0 Å². The van der Waals surface area contributed by atoms with E-state index in [9.17, 15) is 9.59 Å². The van der Waals surface area contributed by atoms with Crippen molar-refractivity contribution in [2.24, 2.45) is 0 Å². The molecule has 0 radical (unpaired) electrons. The van der Waals surface area contributed by atoms with Crippen LogP contribution >= 0.6 is 31.9 Å². The van der Waals surface area contributed by atoms with E-state index in [1.165, 1.54) is 12.2 Å². The Morgan fingerprint density at radius 1 is 1.11 bits per heavy atom. The summed E-state index contributed by atoms with van der Waals surface area (Å²) in [7, 11) is 0. The van der Waals surface area contributed by atoms with Crippen molar-refractivity contribution in [3.05, 3.63) is 69.0 Å². The third kappa shape index (κ3) is 5.24. The van der Waals surface area contributed by atoms with Gasteiger partial charge in [0.2, 0.25) is 0 Å². The van der Waals surface area contributed by atoms with Crippen LogP contribution in [0.5, 0.6) is 5.75 Å². The molecule has 8 heteroatoms. The maximum Gasteiger partial charge on any atom is 0.276 e. The molecular weight excluding hydrogens is 492 g/mol. The third-order valence-corrected chi connectivity index (χ3v) is 5.04. The molecule has 2 N–H and O–H groups in total. The fourth-order valence-electron chi connectivity index (χ4n) is 2.41. The Bertz CT molecular complexity index is 1060. The van der Waals surface area contributed by atoms with Crippen LogP contribution in [0.25, 0.3) is 16.8 Å². The van der Waals surface area contributed by atoms with Gasteiger partial charge in [0.25, 0.3) is 11.8 Å². The van der Waals surface area contributed by atoms with E-state index >= 15 is 0 Å². The number of halogens is 2. The molecule has 2 aromatic carbocycles. The van der Waals surface area contributed by atoms with Gasteiger partial charge in [-0.05, 0) is 70.0 Å². The highest BCUT2D eigenvalue weighted by Crippen LogP contribution is 2.34. The summed E-state index contributed by atoms with van der Waals surface area (Å²) in [6.45, 7) is 1.56. The number of hydrogen-bond donors (Lipinski definition) is 2. The molecule has 1 aromatic heterocycles. The third-order valence-electron chi connectivity index (χ3n) is 3.72. The predicted octanol–water partition coefficient (Wildman–Crippen LogP) is 4.51. The molecule has 6 nitrogen and oxygen atoms in total. The molecule has 28 heavy (non-hydrogen) atoms. The molecule has 2 amide bonds. The van der Waals surface area contributed by atoms with Crippen molar-refractivity contribution in [3.8, 4) is 5.75 Å². The van der Waals surface area contributed by atoms with Crippen molar-refractivity contribution < 1.29 is 18.7 Å². The van der Waals surface area contributed by atoms with Crippen molar-refractivity contribution in [2.75, 3.05) is 6.61 Å². The molecule has 0 bridgehead atoms. The molecule has 0 unspecified atom stereocenters. The van der Waals surface area contributed by atoms with Crippen LogP contribution in [-0.4, -0.2) is 18.4 Å². The van der Waals surface area contributed by atoms with Crippen molar-refractivity contribution in [2.45, 2.75) is 6.92 Å². The van der Waals surface area contributed by atoms with Crippen LogP contribution in [0.1, 0.15) is 11.5 Å². The van der Waals surface area contributed by atoms with E-state index in [0.29, 0.717) is 11.5 Å². The molecular formula is C20H16Br2N2O4. The number of amides is 2. The Morgan fingerprint density at radius 3 is 2.68 bits per heavy atom. The number of benzene rings is 2. The van der Waals surface area contributed by atoms with Crippen LogP contribution in [0.4, 0.5) is 0 Å². The first kappa shape index (κ1) is 20.2. The Kier molecular flexibility index (Phi) is 6.53. The topological polar surface area (TPSA) is 80.6 Å². The van der Waals surface area contributed by atoms with E-state index in [4.69, 9.17) is 9.15 Å². The second-order valence-corrected chi connectivity index (χ2v) is 7.56. The number of carbonyl (C=O) groups is 2. The van der Waals surface area contributed by atoms with Crippen LogP contribution in [0.15, 0.2) is 61.9 Å². The van der Waals surface area contributed by atoms with Crippen LogP contribution < -0.4 is 15.6 Å². The lowest BCUT2D eigenvalue weighted by Crippen LogP contribution is -2.43. The minimum Gasteiger partial charge on any atom is -0.483 e. The number of nitrogens with one attached hydrogen (secondary N) is 2. The first-order chi connectivity index (χ1) is 13.4. The first-order valence-corrected chi connectivity index (χ1v) is 9.85. The molecule has 0 spiro atoms. The molecule has 0 aliphatic carbocycles. The second-order valence-electron chi connectivity index (χ2n) is 5.85. The van der Waals surface area contributed by atoms with Crippen LogP contribution in [-0.2, 0) is 9.59 Å². The lowest BCUT2D eigenvalue weighted by atomic mass is 10.1. The number of ether oxygens (including phenoxy) is 1. The molecule has 0 fully saturated rings. The first-order valence-electron chi connectivity index (χ1n) is 8.26. The Morgan fingerprint density at radius 2 is 1.93 bits per heavy atom. The summed E-state index contributed by atoms with van der Waals surface area (Å²) in [4.78, 5) is 23.6. The predicted molar refractivity (Wildman–Crippen MR) is 114 cm³/mol. The smallest absolute Gasteiger partial charge is 0.276 e. The SMILES string of the molecule is Cc1ccc(/C=C/C(=O)NNC(=O)COc2ccc3cc(Br)ccc3c2Br)o1. The highest BCUT2D eigenvalue weighted by molar-refractivity contribution is 9.11. The average molecular weight is 508 g/mol. The monoisotopic (exact) mass is 506 g/mol. The standard InChI is InChI=1S/C20H16Br2N2O4/c1-12-2-5-15(28-12)6-9-18(25)23-24-19(26)11-27-17-8-3-13-10-14(21)4-7-16(13)20(17)22/h2-10H,11H2,1H3,(H,23,25)(H,24,26)/b9-6+. The van der Waals surface area contributed by atoms with E-state index < -0.39 is 11.8 Å². The number of rotatable bonds is 5. The van der Waals surface area contributed by atoms with Gasteiger partial charge in [0.05, 0.1) is 4.47 Å². The summed E-state index contributed by atoms with van der Waals surface area (Å²) in [5, 5.41) is 2.00. The van der Waals surface area contributed by atoms with Gasteiger partial charge in [-0.15, -0.1) is 0 Å². The lowest BCUT2D eigenvalue weighted by Gasteiger charge is -2.11. The number of carbonyl (C=O) groups excluding carboxylic acids is 2. The Hall–Kier alpha value is -2.58. The zero-order valence-corrected chi connectivity index (χ0v) is 18.0. The van der Waals surface area contributed by atoms with Gasteiger partial charge in [0.1, 0.15) is 17.3 Å². The van der Waals surface area contributed by atoms with Crippen molar-refractivity contribution in [3.63, 3.8) is 0 Å². The van der Waals surface area contributed by atoms with Crippen LogP contribution in [0.3, 0.4) is 0 Å². The molecule has 0 saturated heterocycles. The fourth-order valence-corrected chi connectivity index (χ4v) is 3.39. The van der Waals surface area contributed by atoms with Gasteiger partial charge in [-0.2, -0.15) is 0 Å². The molecule has 0 aliphatic rings. The van der Waals surface area contributed by atoms with E-state index in [0.717, 1.165) is 25.5 Å². The van der Waals surface area contributed by atoms with Crippen molar-refractivity contribution >= 4 is 60.5 Å². The largest absolute Gasteiger partial charge is 0.483 e. The Balaban J connectivity index is 1.51. The van der Waals surface area contributed by atoms with Crippen LogP contribution in [0, 0.1) is 6.92 Å². The van der Waals surface area contributed by atoms with E-state index in [2.05, 4.69) is 42.7 Å². The minimum absolute atomic E-state index is 0.248. The maximum absolute atomic E-state index is 11.9. The number of aryl methyl sites for hydroxylation is 1. The van der Waals surface area contributed by atoms with Gasteiger partial charge in [-0.1, -0.05) is 28.1 Å².